The lowest BCUT2D eigenvalue weighted by atomic mass is 10.1. The Bertz CT molecular complexity index is 144. The molecule has 4 nitrogen and oxygen atoms in total. The van der Waals surface area contributed by atoms with E-state index in [4.69, 9.17) is 5.11 Å². The molecule has 2 N–H and O–H groups in total. The summed E-state index contributed by atoms with van der Waals surface area (Å²) in [4.78, 5) is 10.5. The van der Waals surface area contributed by atoms with Gasteiger partial charge in [-0.15, -0.1) is 0 Å². The van der Waals surface area contributed by atoms with Crippen molar-refractivity contribution in [2.24, 2.45) is 11.0 Å². The molecule has 1 atom stereocenters. The molecular weight excluding hydrogens is 120 g/mol. The van der Waals surface area contributed by atoms with Gasteiger partial charge >= 0.3 is 0 Å². The van der Waals surface area contributed by atoms with Crippen LogP contribution in [0.25, 0.3) is 0 Å². The van der Waals surface area contributed by atoms with Crippen molar-refractivity contribution in [1.29, 1.82) is 0 Å². The van der Waals surface area contributed by atoms with Crippen LogP contribution >= 0.6 is 0 Å². The highest BCUT2D eigenvalue weighted by Crippen LogP contribution is 2.01. The van der Waals surface area contributed by atoms with Gasteiger partial charge in [-0.25, -0.2) is 5.43 Å². The Morgan fingerprint density at radius 2 is 2.78 bits per heavy atom. The predicted octanol–water partition coefficient (Wildman–Crippen LogP) is -0.899. The lowest BCUT2D eigenvalue weighted by molar-refractivity contribution is -0.122. The Kier molecular flexibility index (Phi) is 1.79. The number of rotatable bonds is 1. The molecule has 0 saturated heterocycles. The highest BCUT2D eigenvalue weighted by atomic mass is 16.3. The quantitative estimate of drug-likeness (QED) is 0.480. The maximum absolute atomic E-state index is 10.5. The molecule has 0 saturated carbocycles. The van der Waals surface area contributed by atoms with Crippen LogP contribution < -0.4 is 5.43 Å². The van der Waals surface area contributed by atoms with E-state index >= 15 is 0 Å². The van der Waals surface area contributed by atoms with Crippen molar-refractivity contribution < 1.29 is 9.90 Å². The van der Waals surface area contributed by atoms with Crippen LogP contribution in [-0.4, -0.2) is 23.8 Å². The maximum atomic E-state index is 10.5. The van der Waals surface area contributed by atoms with E-state index in [1.54, 1.807) is 6.21 Å². The molecule has 9 heavy (non-hydrogen) atoms. The van der Waals surface area contributed by atoms with Crippen molar-refractivity contribution in [3.63, 3.8) is 0 Å². The zero-order valence-electron chi connectivity index (χ0n) is 4.87. The van der Waals surface area contributed by atoms with Gasteiger partial charge in [-0.3, -0.25) is 4.79 Å². The first-order chi connectivity index (χ1) is 4.33. The fourth-order valence-electron chi connectivity index (χ4n) is 0.663. The molecule has 50 valence electrons. The Balaban J connectivity index is 2.49. The molecule has 0 bridgehead atoms. The molecular formula is C5H8N2O2. The zero-order valence-corrected chi connectivity index (χ0v) is 4.87. The summed E-state index contributed by atoms with van der Waals surface area (Å²) in [5.74, 6) is -0.213. The SMILES string of the molecule is O=C1CC(CO)C=NN1. The fourth-order valence-corrected chi connectivity index (χ4v) is 0.663. The van der Waals surface area contributed by atoms with Crippen LogP contribution in [0.2, 0.25) is 0 Å². The van der Waals surface area contributed by atoms with Crippen LogP contribution in [0.1, 0.15) is 6.42 Å². The highest BCUT2D eigenvalue weighted by Gasteiger charge is 2.13. The molecule has 0 radical (unpaired) electrons. The van der Waals surface area contributed by atoms with Gasteiger partial charge in [0.25, 0.3) is 0 Å². The third-order valence-corrected chi connectivity index (χ3v) is 1.16. The molecule has 0 aromatic rings. The Morgan fingerprint density at radius 3 is 3.22 bits per heavy atom. The minimum atomic E-state index is -0.128. The number of hydrogen-bond acceptors (Lipinski definition) is 3. The van der Waals surface area contributed by atoms with Crippen LogP contribution in [0.15, 0.2) is 5.10 Å². The maximum Gasteiger partial charge on any atom is 0.240 e. The summed E-state index contributed by atoms with van der Waals surface area (Å²) in [5.41, 5.74) is 2.27. The number of amides is 1. The molecule has 1 unspecified atom stereocenters. The van der Waals surface area contributed by atoms with Gasteiger partial charge < -0.3 is 5.11 Å². The second-order valence-corrected chi connectivity index (χ2v) is 1.96. The van der Waals surface area contributed by atoms with E-state index in [-0.39, 0.29) is 18.4 Å². The van der Waals surface area contributed by atoms with Crippen LogP contribution in [0.4, 0.5) is 0 Å². The topological polar surface area (TPSA) is 61.7 Å². The van der Waals surface area contributed by atoms with Crippen molar-refractivity contribution >= 4 is 12.1 Å². The standard InChI is InChI=1S/C5H8N2O2/c8-3-4-1-5(9)7-6-2-4/h2,4,8H,1,3H2,(H,7,9). The summed E-state index contributed by atoms with van der Waals surface area (Å²) in [6.45, 7) is -0.00306. The van der Waals surface area contributed by atoms with Crippen LogP contribution in [-0.2, 0) is 4.79 Å². The first-order valence-corrected chi connectivity index (χ1v) is 2.76. The van der Waals surface area contributed by atoms with Crippen molar-refractivity contribution in [1.82, 2.24) is 5.43 Å². The van der Waals surface area contributed by atoms with Crippen LogP contribution in [0, 0.1) is 5.92 Å². The number of aliphatic hydroxyl groups excluding tert-OH is 1. The van der Waals surface area contributed by atoms with Gasteiger partial charge in [-0.05, 0) is 0 Å². The van der Waals surface area contributed by atoms with Gasteiger partial charge in [0.05, 0.1) is 6.61 Å². The van der Waals surface area contributed by atoms with Crippen molar-refractivity contribution in [2.75, 3.05) is 6.61 Å². The Labute approximate surface area is 52.6 Å². The third-order valence-electron chi connectivity index (χ3n) is 1.16. The summed E-state index contributed by atoms with van der Waals surface area (Å²) >= 11 is 0. The monoisotopic (exact) mass is 128 g/mol. The molecule has 4 heteroatoms. The van der Waals surface area contributed by atoms with Gasteiger partial charge in [0.15, 0.2) is 0 Å². The molecule has 0 spiro atoms. The van der Waals surface area contributed by atoms with E-state index in [2.05, 4.69) is 10.5 Å². The number of nitrogens with one attached hydrogen (secondary N) is 1. The smallest absolute Gasteiger partial charge is 0.240 e. The molecule has 0 aliphatic carbocycles. The van der Waals surface area contributed by atoms with E-state index in [0.717, 1.165) is 0 Å². The number of hydrazone groups is 1. The van der Waals surface area contributed by atoms with Crippen LogP contribution in [0.3, 0.4) is 0 Å². The molecule has 1 amide bonds. The number of aliphatic hydroxyl groups is 1. The predicted molar refractivity (Wildman–Crippen MR) is 31.8 cm³/mol. The van der Waals surface area contributed by atoms with E-state index in [9.17, 15) is 4.79 Å². The summed E-state index contributed by atoms with van der Waals surface area (Å²) in [7, 11) is 0. The second-order valence-electron chi connectivity index (χ2n) is 1.96. The van der Waals surface area contributed by atoms with Gasteiger partial charge in [0.1, 0.15) is 0 Å². The van der Waals surface area contributed by atoms with Crippen molar-refractivity contribution in [3.05, 3.63) is 0 Å². The normalized spacial score (nSPS) is 25.9. The van der Waals surface area contributed by atoms with E-state index in [0.29, 0.717) is 6.42 Å². The summed E-state index contributed by atoms with van der Waals surface area (Å²) in [6.07, 6.45) is 1.89. The van der Waals surface area contributed by atoms with Gasteiger partial charge in [-0.1, -0.05) is 0 Å². The molecule has 1 heterocycles. The molecule has 1 aliphatic heterocycles. The summed E-state index contributed by atoms with van der Waals surface area (Å²) in [5, 5.41) is 12.1. The first-order valence-electron chi connectivity index (χ1n) is 2.76. The minimum Gasteiger partial charge on any atom is -0.396 e. The molecule has 0 aromatic heterocycles. The lowest BCUT2D eigenvalue weighted by Gasteiger charge is -2.11. The van der Waals surface area contributed by atoms with Crippen molar-refractivity contribution in [3.8, 4) is 0 Å². The van der Waals surface area contributed by atoms with Crippen molar-refractivity contribution in [2.45, 2.75) is 6.42 Å². The summed E-state index contributed by atoms with van der Waals surface area (Å²) in [6, 6.07) is 0. The number of hydrogen-bond donors (Lipinski definition) is 2. The number of nitrogens with zero attached hydrogens (tertiary/aromatic N) is 1. The molecule has 0 aromatic carbocycles. The number of carbonyl (C=O) groups excluding carboxylic acids is 1. The van der Waals surface area contributed by atoms with E-state index in [1.165, 1.54) is 0 Å². The Morgan fingerprint density at radius 1 is 2.00 bits per heavy atom. The second kappa shape index (κ2) is 2.59. The fraction of sp³-hybridized carbons (Fsp3) is 0.600. The lowest BCUT2D eigenvalue weighted by Crippen LogP contribution is -2.28. The third kappa shape index (κ3) is 1.50. The zero-order chi connectivity index (χ0) is 6.69. The van der Waals surface area contributed by atoms with E-state index < -0.39 is 0 Å². The number of carbonyl (C=O) groups is 1. The molecule has 1 aliphatic rings. The summed E-state index contributed by atoms with van der Waals surface area (Å²) < 4.78 is 0. The first kappa shape index (κ1) is 6.22. The largest absolute Gasteiger partial charge is 0.396 e. The minimum absolute atomic E-state index is 0.00306. The highest BCUT2D eigenvalue weighted by molar-refractivity contribution is 5.83. The van der Waals surface area contributed by atoms with Gasteiger partial charge in [0, 0.05) is 18.6 Å². The molecule has 1 rings (SSSR count). The average Bonchev–Trinajstić information content (AvgIpc) is 1.88. The van der Waals surface area contributed by atoms with E-state index in [1.807, 2.05) is 0 Å². The Hall–Kier alpha value is -0.900. The van der Waals surface area contributed by atoms with Crippen LogP contribution in [0.5, 0.6) is 0 Å². The molecule has 0 fully saturated rings. The van der Waals surface area contributed by atoms with Gasteiger partial charge in [0.2, 0.25) is 5.91 Å². The van der Waals surface area contributed by atoms with Gasteiger partial charge in [-0.2, -0.15) is 5.10 Å². The average molecular weight is 128 g/mol.